The van der Waals surface area contributed by atoms with Crippen LogP contribution in [-0.4, -0.2) is 87.7 Å². The van der Waals surface area contributed by atoms with Gasteiger partial charge in [-0.15, -0.1) is 0 Å². The first-order valence-electron chi connectivity index (χ1n) is 5.70. The van der Waals surface area contributed by atoms with Crippen LogP contribution in [0.15, 0.2) is 0 Å². The molecule has 0 saturated carbocycles. The third kappa shape index (κ3) is 1.86. The fraction of sp³-hybridized carbons (Fsp3) is 1.00. The van der Waals surface area contributed by atoms with Crippen molar-refractivity contribution >= 4 is 8.72 Å². The predicted octanol–water partition coefficient (Wildman–Crippen LogP) is -1.49. The minimum atomic E-state index is -2.02. The molecule has 6 heteroatoms. The topological polar surface area (TPSA) is 39.0 Å². The van der Waals surface area contributed by atoms with Crippen molar-refractivity contribution in [3.8, 4) is 0 Å². The molecule has 0 aromatic heterocycles. The van der Waals surface area contributed by atoms with Crippen molar-refractivity contribution in [2.45, 2.75) is 0 Å². The van der Waals surface area contributed by atoms with Gasteiger partial charge in [-0.1, -0.05) is 0 Å². The molecule has 0 aromatic rings. The number of fused-ring (bicyclic) bond motifs is 6. The van der Waals surface area contributed by atoms with E-state index in [0.717, 1.165) is 19.6 Å². The summed E-state index contributed by atoms with van der Waals surface area (Å²) in [4.78, 5) is 2.54. The molecule has 0 spiro atoms. The molecule has 3 fully saturated rings. The monoisotopic (exact) mass is 229 g/mol. The van der Waals surface area contributed by atoms with E-state index in [-0.39, 0.29) is 0 Å². The molecule has 3 aliphatic rings. The van der Waals surface area contributed by atoms with Gasteiger partial charge in [-0.25, -0.2) is 0 Å². The highest BCUT2D eigenvalue weighted by Gasteiger charge is 2.46. The van der Waals surface area contributed by atoms with Gasteiger partial charge >= 0.3 is 8.72 Å². The fourth-order valence-corrected chi connectivity index (χ4v) is 5.61. The molecule has 3 rings (SSSR count). The van der Waals surface area contributed by atoms with Crippen LogP contribution >= 0.6 is 0 Å². The Morgan fingerprint density at radius 1 is 0.733 bits per heavy atom. The lowest BCUT2D eigenvalue weighted by atomic mass is 10.4. The van der Waals surface area contributed by atoms with Gasteiger partial charge in [0.25, 0.3) is 0 Å². The Morgan fingerprint density at radius 2 is 1.07 bits per heavy atom. The van der Waals surface area contributed by atoms with Gasteiger partial charge in [0.1, 0.15) is 0 Å². The molecule has 3 aliphatic heterocycles. The Morgan fingerprint density at radius 3 is 1.40 bits per heavy atom. The summed E-state index contributed by atoms with van der Waals surface area (Å²) in [6.07, 6.45) is 0. The Bertz CT molecular complexity index is 201. The molecular formula is C9H23N5Si. The number of likely N-dealkylation sites (N-methyl/N-ethyl adjacent to an activating group) is 3. The van der Waals surface area contributed by atoms with Gasteiger partial charge in [0.2, 0.25) is 0 Å². The van der Waals surface area contributed by atoms with Crippen LogP contribution in [0.5, 0.6) is 0 Å². The average molecular weight is 229 g/mol. The zero-order valence-corrected chi connectivity index (χ0v) is 11.1. The molecule has 3 heterocycles. The van der Waals surface area contributed by atoms with E-state index in [4.69, 9.17) is 5.40 Å². The molecule has 2 N–H and O–H groups in total. The normalized spacial score (nSPS) is 41.2. The van der Waals surface area contributed by atoms with Crippen LogP contribution in [0.2, 0.25) is 0 Å². The summed E-state index contributed by atoms with van der Waals surface area (Å²) in [5.74, 6) is 0. The highest BCUT2D eigenvalue weighted by atomic mass is 28.4. The van der Waals surface area contributed by atoms with E-state index >= 15 is 0 Å². The number of nitrogens with zero attached hydrogens (tertiary/aromatic N) is 4. The second kappa shape index (κ2) is 4.12. The molecular weight excluding hydrogens is 206 g/mol. The lowest BCUT2D eigenvalue weighted by Crippen LogP contribution is -2.82. The molecule has 2 bridgehead atoms. The van der Waals surface area contributed by atoms with E-state index in [1.807, 2.05) is 0 Å². The highest BCUT2D eigenvalue weighted by Crippen LogP contribution is 2.16. The van der Waals surface area contributed by atoms with Crippen molar-refractivity contribution in [3.63, 3.8) is 0 Å². The van der Waals surface area contributed by atoms with Crippen LogP contribution in [0.1, 0.15) is 0 Å². The first kappa shape index (κ1) is 11.5. The van der Waals surface area contributed by atoms with Crippen molar-refractivity contribution in [3.05, 3.63) is 0 Å². The Labute approximate surface area is 93.7 Å². The number of hydrogen-bond donors (Lipinski definition) is 1. The maximum absolute atomic E-state index is 6.69. The summed E-state index contributed by atoms with van der Waals surface area (Å²) < 4.78 is 7.16. The van der Waals surface area contributed by atoms with Gasteiger partial charge < -0.3 is 5.40 Å². The summed E-state index contributed by atoms with van der Waals surface area (Å²) in [5, 5.41) is 6.69. The van der Waals surface area contributed by atoms with E-state index in [1.165, 1.54) is 19.6 Å². The first-order valence-corrected chi connectivity index (χ1v) is 7.62. The molecule has 0 aromatic carbocycles. The molecule has 3 saturated heterocycles. The quantitative estimate of drug-likeness (QED) is 0.512. The minimum Gasteiger partial charge on any atom is -0.314 e. The Hall–Kier alpha value is 0.0169. The highest BCUT2D eigenvalue weighted by molar-refractivity contribution is 6.68. The van der Waals surface area contributed by atoms with Crippen LogP contribution in [0, 0.1) is 0 Å². The maximum Gasteiger partial charge on any atom is 0.370 e. The summed E-state index contributed by atoms with van der Waals surface area (Å²) in [7, 11) is 4.51. The van der Waals surface area contributed by atoms with E-state index in [0.29, 0.717) is 0 Å². The van der Waals surface area contributed by atoms with Crippen LogP contribution in [0.4, 0.5) is 0 Å². The molecule has 0 unspecified atom stereocenters. The smallest absolute Gasteiger partial charge is 0.314 e. The summed E-state index contributed by atoms with van der Waals surface area (Å²) in [6, 6.07) is 0. The average Bonchev–Trinajstić information content (AvgIpc) is 2.22. The fourth-order valence-electron chi connectivity index (χ4n) is 2.58. The van der Waals surface area contributed by atoms with Gasteiger partial charge in [-0.05, 0) is 21.1 Å². The first-order chi connectivity index (χ1) is 7.05. The molecule has 15 heavy (non-hydrogen) atoms. The van der Waals surface area contributed by atoms with E-state index in [1.54, 1.807) is 0 Å². The van der Waals surface area contributed by atoms with Crippen molar-refractivity contribution < 1.29 is 0 Å². The van der Waals surface area contributed by atoms with E-state index in [9.17, 15) is 0 Å². The van der Waals surface area contributed by atoms with E-state index < -0.39 is 8.72 Å². The molecule has 0 atom stereocenters. The number of hydrogen-bond acceptors (Lipinski definition) is 5. The number of rotatable bonds is 0. The zero-order valence-electron chi connectivity index (χ0n) is 10.1. The Balaban J connectivity index is 2.29. The van der Waals surface area contributed by atoms with E-state index in [2.05, 4.69) is 39.7 Å². The van der Waals surface area contributed by atoms with Crippen LogP contribution in [-0.2, 0) is 0 Å². The van der Waals surface area contributed by atoms with Crippen molar-refractivity contribution in [1.82, 2.24) is 18.6 Å². The molecule has 0 radical (unpaired) electrons. The standard InChI is InChI=1S/C9H23N5Si/c1-11-4-7-14-8-5-12(2)15(11,10)13(3)6-9-14/h4-10H2,1-3H3. The van der Waals surface area contributed by atoms with Crippen LogP contribution in [0.3, 0.4) is 0 Å². The van der Waals surface area contributed by atoms with Gasteiger partial charge in [0, 0.05) is 39.3 Å². The lowest BCUT2D eigenvalue weighted by molar-refractivity contribution is 0.152. The second-order valence-electron chi connectivity index (χ2n) is 4.79. The Kier molecular flexibility index (Phi) is 3.16. The summed E-state index contributed by atoms with van der Waals surface area (Å²) in [5.41, 5.74) is 0. The van der Waals surface area contributed by atoms with Gasteiger partial charge in [0.05, 0.1) is 0 Å². The predicted molar refractivity (Wildman–Crippen MR) is 64.3 cm³/mol. The lowest BCUT2D eigenvalue weighted by Gasteiger charge is -2.52. The third-order valence-electron chi connectivity index (χ3n) is 3.94. The second-order valence-corrected chi connectivity index (χ2v) is 8.46. The van der Waals surface area contributed by atoms with Gasteiger partial charge in [-0.3, -0.25) is 18.6 Å². The molecule has 0 aliphatic carbocycles. The molecule has 88 valence electrons. The van der Waals surface area contributed by atoms with Crippen molar-refractivity contribution in [1.29, 1.82) is 0 Å². The zero-order chi connectivity index (χ0) is 11.1. The van der Waals surface area contributed by atoms with Crippen molar-refractivity contribution in [2.24, 2.45) is 5.40 Å². The minimum absolute atomic E-state index is 1.09. The molecule has 5 nitrogen and oxygen atoms in total. The SMILES string of the molecule is CN1CCN2CCN(C)[Si]1(N)N(C)CC2. The van der Waals surface area contributed by atoms with Crippen LogP contribution in [0.25, 0.3) is 0 Å². The summed E-state index contributed by atoms with van der Waals surface area (Å²) in [6.45, 7) is 6.80. The number of nitrogens with two attached hydrogens (primary N) is 1. The molecule has 0 amide bonds. The van der Waals surface area contributed by atoms with Gasteiger partial charge in [-0.2, -0.15) is 0 Å². The largest absolute Gasteiger partial charge is 0.370 e. The third-order valence-corrected chi connectivity index (χ3v) is 7.98. The van der Waals surface area contributed by atoms with Crippen LogP contribution < -0.4 is 5.40 Å². The summed E-state index contributed by atoms with van der Waals surface area (Å²) >= 11 is 0. The maximum atomic E-state index is 6.69. The van der Waals surface area contributed by atoms with Crippen molar-refractivity contribution in [2.75, 3.05) is 60.4 Å². The van der Waals surface area contributed by atoms with Gasteiger partial charge in [0.15, 0.2) is 0 Å².